The number of aromatic nitrogens is 2. The van der Waals surface area contributed by atoms with Gasteiger partial charge >= 0.3 is 0 Å². The molecule has 2 aromatic rings. The summed E-state index contributed by atoms with van der Waals surface area (Å²) in [7, 11) is -3.35. The number of nitrogens with one attached hydrogen (secondary N) is 1. The fraction of sp³-hybridized carbons (Fsp3) is 0.656. The van der Waals surface area contributed by atoms with Crippen molar-refractivity contribution in [1.82, 2.24) is 24.5 Å². The number of alkyl halides is 2. The lowest BCUT2D eigenvalue weighted by molar-refractivity contribution is -0.239. The molecule has 2 N–H and O–H groups in total. The average Bonchev–Trinajstić information content (AvgIpc) is 3.02. The maximum atomic E-state index is 14.3. The van der Waals surface area contributed by atoms with Crippen molar-refractivity contribution >= 4 is 21.7 Å². The Hall–Kier alpha value is -3.05. The summed E-state index contributed by atoms with van der Waals surface area (Å²) in [5.41, 5.74) is -0.0424. The van der Waals surface area contributed by atoms with Gasteiger partial charge in [0, 0.05) is 50.0 Å². The molecule has 5 rings (SSSR count). The van der Waals surface area contributed by atoms with E-state index < -0.39 is 46.4 Å². The molecule has 1 aromatic carbocycles. The highest BCUT2D eigenvalue weighted by molar-refractivity contribution is 7.89. The van der Waals surface area contributed by atoms with Gasteiger partial charge in [0.15, 0.2) is 17.4 Å². The van der Waals surface area contributed by atoms with Gasteiger partial charge in [0.2, 0.25) is 16.4 Å². The summed E-state index contributed by atoms with van der Waals surface area (Å²) >= 11 is 0. The van der Waals surface area contributed by atoms with E-state index in [1.165, 1.54) is 29.6 Å². The predicted molar refractivity (Wildman–Crippen MR) is 172 cm³/mol. The van der Waals surface area contributed by atoms with Crippen molar-refractivity contribution in [3.63, 3.8) is 0 Å². The van der Waals surface area contributed by atoms with E-state index in [4.69, 9.17) is 9.47 Å². The second kappa shape index (κ2) is 14.8. The number of halogens is 3. The van der Waals surface area contributed by atoms with E-state index in [0.717, 1.165) is 32.0 Å². The third-order valence-electron chi connectivity index (χ3n) is 9.43. The highest BCUT2D eigenvalue weighted by Gasteiger charge is 2.47. The number of carbonyl (C=O) groups excluding carboxylic acids is 1. The van der Waals surface area contributed by atoms with Crippen LogP contribution in [0.15, 0.2) is 30.7 Å². The summed E-state index contributed by atoms with van der Waals surface area (Å²) in [4.78, 5) is 27.5. The van der Waals surface area contributed by atoms with E-state index in [9.17, 15) is 31.5 Å². The molecular formula is C32H45F3N6O6S. The number of benzene rings is 1. The van der Waals surface area contributed by atoms with Crippen LogP contribution in [0.5, 0.6) is 11.5 Å². The molecule has 0 unspecified atom stereocenters. The first-order valence-corrected chi connectivity index (χ1v) is 18.1. The normalized spacial score (nSPS) is 23.0. The number of ether oxygens (including phenoxy) is 2. The molecule has 0 aliphatic carbocycles. The quantitative estimate of drug-likeness (QED) is 0.319. The zero-order chi connectivity index (χ0) is 34.7. The number of piperidine rings is 1. The lowest BCUT2D eigenvalue weighted by Gasteiger charge is -2.55. The van der Waals surface area contributed by atoms with Gasteiger partial charge in [-0.15, -0.1) is 0 Å². The second-order valence-electron chi connectivity index (χ2n) is 13.4. The Morgan fingerprint density at radius 3 is 2.56 bits per heavy atom. The number of hydrogen-bond donors (Lipinski definition) is 2. The van der Waals surface area contributed by atoms with Crippen molar-refractivity contribution in [1.29, 1.82) is 0 Å². The van der Waals surface area contributed by atoms with Crippen LogP contribution in [-0.4, -0.2) is 115 Å². The molecule has 1 spiro atoms. The molecule has 3 aliphatic heterocycles. The van der Waals surface area contributed by atoms with Gasteiger partial charge < -0.3 is 24.4 Å². The van der Waals surface area contributed by atoms with E-state index in [-0.39, 0.29) is 47.4 Å². The van der Waals surface area contributed by atoms with Gasteiger partial charge in [0.05, 0.1) is 30.7 Å². The Bertz CT molecular complexity index is 1530. The van der Waals surface area contributed by atoms with Crippen molar-refractivity contribution in [2.45, 2.75) is 77.2 Å². The molecule has 3 fully saturated rings. The SMILES string of the molecule is CCS(=O)(=O)N[C@@H]1CC[C@](O)(CN2CCC3(CC2)CN(c2ncncc2Oc2ccc(F)cc2C(=O)N(CCC(F)F)C(C)C)C3)OC1. The van der Waals surface area contributed by atoms with Crippen molar-refractivity contribution in [2.24, 2.45) is 5.41 Å². The number of hydrogen-bond acceptors (Lipinski definition) is 10. The highest BCUT2D eigenvalue weighted by Crippen LogP contribution is 2.45. The molecular weight excluding hydrogens is 653 g/mol. The highest BCUT2D eigenvalue weighted by atomic mass is 32.2. The fourth-order valence-corrected chi connectivity index (χ4v) is 7.47. The Morgan fingerprint density at radius 2 is 1.94 bits per heavy atom. The first-order chi connectivity index (χ1) is 22.7. The van der Waals surface area contributed by atoms with Gasteiger partial charge in [-0.05, 0) is 71.3 Å². The molecule has 12 nitrogen and oxygen atoms in total. The van der Waals surface area contributed by atoms with E-state index in [0.29, 0.717) is 38.3 Å². The zero-order valence-electron chi connectivity index (χ0n) is 27.6. The molecule has 3 aliphatic rings. The fourth-order valence-electron chi connectivity index (χ4n) is 6.61. The molecule has 2 atom stereocenters. The van der Waals surface area contributed by atoms with Crippen LogP contribution in [0.1, 0.15) is 63.2 Å². The lowest BCUT2D eigenvalue weighted by Crippen LogP contribution is -2.62. The predicted octanol–water partition coefficient (Wildman–Crippen LogP) is 3.62. The minimum atomic E-state index is -3.35. The summed E-state index contributed by atoms with van der Waals surface area (Å²) in [6.07, 6.45) is 2.41. The van der Waals surface area contributed by atoms with Crippen LogP contribution in [0.4, 0.5) is 19.0 Å². The third kappa shape index (κ3) is 8.75. The van der Waals surface area contributed by atoms with Gasteiger partial charge in [-0.1, -0.05) is 0 Å². The van der Waals surface area contributed by atoms with E-state index in [1.54, 1.807) is 20.8 Å². The number of carbonyl (C=O) groups is 1. The molecule has 266 valence electrons. The van der Waals surface area contributed by atoms with Crippen molar-refractivity contribution in [3.05, 3.63) is 42.1 Å². The summed E-state index contributed by atoms with van der Waals surface area (Å²) in [5, 5.41) is 11.1. The minimum Gasteiger partial charge on any atom is -0.451 e. The molecule has 0 radical (unpaired) electrons. The lowest BCUT2D eigenvalue weighted by atomic mass is 9.72. The molecule has 3 saturated heterocycles. The van der Waals surface area contributed by atoms with Crippen LogP contribution in [0.25, 0.3) is 0 Å². The van der Waals surface area contributed by atoms with E-state index >= 15 is 0 Å². The number of sulfonamides is 1. The minimum absolute atomic E-state index is 0.00685. The Balaban J connectivity index is 1.18. The number of rotatable bonds is 13. The standard InChI is InChI=1S/C32H45F3N6O6S/c1-4-48(44,45)38-24-7-9-32(43,46-17-24)20-39-13-10-31(11-14-39)18-40(19-31)29-27(16-36-21-37-29)47-26-6-5-23(33)15-25(26)30(42)41(22(2)3)12-8-28(34)35/h5-6,15-16,21-22,24,28,38,43H,4,7-14,17-20H2,1-3H3/t24-,32-/m1/s1. The van der Waals surface area contributed by atoms with Crippen LogP contribution in [0.3, 0.4) is 0 Å². The number of β-amino-alcohol motifs (C(OH)–C–C–N with tert-alkyl or cyclic N) is 1. The average molecular weight is 699 g/mol. The van der Waals surface area contributed by atoms with Crippen LogP contribution in [0, 0.1) is 11.2 Å². The van der Waals surface area contributed by atoms with Crippen molar-refractivity contribution in [2.75, 3.05) is 56.5 Å². The topological polar surface area (TPSA) is 137 Å². The second-order valence-corrected chi connectivity index (χ2v) is 15.4. The van der Waals surface area contributed by atoms with Gasteiger partial charge in [0.1, 0.15) is 17.9 Å². The zero-order valence-corrected chi connectivity index (χ0v) is 28.4. The first-order valence-electron chi connectivity index (χ1n) is 16.4. The number of nitrogens with zero attached hydrogens (tertiary/aromatic N) is 5. The maximum Gasteiger partial charge on any atom is 0.257 e. The van der Waals surface area contributed by atoms with Crippen LogP contribution >= 0.6 is 0 Å². The number of amides is 1. The van der Waals surface area contributed by atoms with Crippen LogP contribution in [-0.2, 0) is 14.8 Å². The molecule has 4 heterocycles. The van der Waals surface area contributed by atoms with Crippen LogP contribution < -0.4 is 14.4 Å². The molecule has 48 heavy (non-hydrogen) atoms. The molecule has 16 heteroatoms. The smallest absolute Gasteiger partial charge is 0.257 e. The van der Waals surface area contributed by atoms with E-state index in [1.807, 2.05) is 0 Å². The van der Waals surface area contributed by atoms with Gasteiger partial charge in [0.25, 0.3) is 5.91 Å². The molecule has 1 aromatic heterocycles. The van der Waals surface area contributed by atoms with E-state index in [2.05, 4.69) is 24.5 Å². The largest absolute Gasteiger partial charge is 0.451 e. The molecule has 0 saturated carbocycles. The number of anilines is 1. The maximum absolute atomic E-state index is 14.3. The first kappa shape index (κ1) is 36.2. The Labute approximate surface area is 279 Å². The Morgan fingerprint density at radius 1 is 1.21 bits per heavy atom. The van der Waals surface area contributed by atoms with Crippen LogP contribution in [0.2, 0.25) is 0 Å². The molecule has 0 bridgehead atoms. The monoisotopic (exact) mass is 698 g/mol. The number of aliphatic hydroxyl groups is 1. The summed E-state index contributed by atoms with van der Waals surface area (Å²) in [5.74, 6) is -1.73. The van der Waals surface area contributed by atoms with Crippen molar-refractivity contribution < 1.29 is 41.0 Å². The molecule has 1 amide bonds. The Kier molecular flexibility index (Phi) is 11.2. The van der Waals surface area contributed by atoms with Gasteiger partial charge in [-0.25, -0.2) is 36.3 Å². The summed E-state index contributed by atoms with van der Waals surface area (Å²) in [6, 6.07) is 2.81. The summed E-state index contributed by atoms with van der Waals surface area (Å²) in [6.45, 7) is 8.21. The van der Waals surface area contributed by atoms with Crippen molar-refractivity contribution in [3.8, 4) is 11.5 Å². The van der Waals surface area contributed by atoms with Gasteiger partial charge in [-0.2, -0.15) is 0 Å². The van der Waals surface area contributed by atoms with Gasteiger partial charge in [-0.3, -0.25) is 9.69 Å². The third-order valence-corrected chi connectivity index (χ3v) is 10.9. The summed E-state index contributed by atoms with van der Waals surface area (Å²) < 4.78 is 78.5. The number of likely N-dealkylation sites (tertiary alicyclic amines) is 1.